The first kappa shape index (κ1) is 13.7. The summed E-state index contributed by atoms with van der Waals surface area (Å²) in [5.41, 5.74) is 0.481. The van der Waals surface area contributed by atoms with Gasteiger partial charge in [-0.15, -0.1) is 0 Å². The number of hydrogen-bond acceptors (Lipinski definition) is 2. The van der Waals surface area contributed by atoms with Crippen LogP contribution in [-0.2, 0) is 4.79 Å². The van der Waals surface area contributed by atoms with Gasteiger partial charge in [0.2, 0.25) is 0 Å². The van der Waals surface area contributed by atoms with Gasteiger partial charge in [-0.1, -0.05) is 36.0 Å². The van der Waals surface area contributed by atoms with Gasteiger partial charge in [-0.25, -0.2) is 9.69 Å². The van der Waals surface area contributed by atoms with Gasteiger partial charge in [0, 0.05) is 6.04 Å². The number of carbonyl (C=O) groups is 2. The van der Waals surface area contributed by atoms with E-state index in [1.807, 2.05) is 0 Å². The topological polar surface area (TPSA) is 40.6 Å². The summed E-state index contributed by atoms with van der Waals surface area (Å²) in [4.78, 5) is 27.5. The number of benzene rings is 1. The largest absolute Gasteiger partial charge is 0.332 e. The van der Waals surface area contributed by atoms with Gasteiger partial charge in [0.25, 0.3) is 5.91 Å². The summed E-state index contributed by atoms with van der Waals surface area (Å²) in [5, 5.41) is 0.742. The lowest BCUT2D eigenvalue weighted by atomic mass is 10.2. The second kappa shape index (κ2) is 5.26. The number of anilines is 1. The second-order valence-electron chi connectivity index (χ2n) is 5.18. The number of carbonyl (C=O) groups excluding carboxylic acids is 2. The van der Waals surface area contributed by atoms with Crippen molar-refractivity contribution in [2.75, 3.05) is 11.4 Å². The lowest BCUT2D eigenvalue weighted by Crippen LogP contribution is -2.38. The highest BCUT2D eigenvalue weighted by atomic mass is 35.5. The lowest BCUT2D eigenvalue weighted by molar-refractivity contribution is -0.116. The van der Waals surface area contributed by atoms with E-state index in [4.69, 9.17) is 23.2 Å². The quantitative estimate of drug-likeness (QED) is 0.781. The number of nitrogens with zero attached hydrogens (tertiary/aromatic N) is 2. The van der Waals surface area contributed by atoms with Crippen LogP contribution in [0.3, 0.4) is 0 Å². The van der Waals surface area contributed by atoms with Gasteiger partial charge in [0.1, 0.15) is 6.54 Å². The average Bonchev–Trinajstić information content (AvgIpc) is 3.02. The molecule has 3 amide bonds. The van der Waals surface area contributed by atoms with Crippen molar-refractivity contribution in [3.63, 3.8) is 0 Å². The molecule has 2 aliphatic rings. The summed E-state index contributed by atoms with van der Waals surface area (Å²) >= 11 is 11.8. The first-order valence-electron chi connectivity index (χ1n) is 6.66. The molecule has 0 unspecified atom stereocenters. The predicted molar refractivity (Wildman–Crippen MR) is 78.3 cm³/mol. The fourth-order valence-corrected chi connectivity index (χ4v) is 3.19. The summed E-state index contributed by atoms with van der Waals surface area (Å²) in [6.45, 7) is 0.156. The minimum atomic E-state index is -0.250. The Kier molecular flexibility index (Phi) is 3.61. The Balaban J connectivity index is 1.87. The molecule has 0 spiro atoms. The third kappa shape index (κ3) is 2.27. The third-order valence-corrected chi connectivity index (χ3v) is 4.66. The molecule has 1 aliphatic heterocycles. The van der Waals surface area contributed by atoms with Crippen molar-refractivity contribution in [3.05, 3.63) is 28.2 Å². The molecule has 1 aliphatic carbocycles. The number of amides is 3. The molecule has 3 rings (SSSR count). The molecule has 4 nitrogen and oxygen atoms in total. The van der Waals surface area contributed by atoms with Gasteiger partial charge >= 0.3 is 6.03 Å². The van der Waals surface area contributed by atoms with Gasteiger partial charge in [0.15, 0.2) is 0 Å². The highest BCUT2D eigenvalue weighted by Gasteiger charge is 2.41. The maximum Gasteiger partial charge on any atom is 0.332 e. The third-order valence-electron chi connectivity index (χ3n) is 3.92. The molecule has 1 aromatic carbocycles. The van der Waals surface area contributed by atoms with Crippen LogP contribution in [0.1, 0.15) is 25.7 Å². The van der Waals surface area contributed by atoms with E-state index >= 15 is 0 Å². The summed E-state index contributed by atoms with van der Waals surface area (Å²) in [6.07, 6.45) is 4.20. The Bertz CT molecular complexity index is 570. The van der Waals surface area contributed by atoms with Gasteiger partial charge in [0.05, 0.1) is 15.7 Å². The van der Waals surface area contributed by atoms with E-state index in [9.17, 15) is 9.59 Å². The van der Waals surface area contributed by atoms with E-state index in [1.54, 1.807) is 23.1 Å². The zero-order valence-electron chi connectivity index (χ0n) is 10.8. The monoisotopic (exact) mass is 312 g/mol. The van der Waals surface area contributed by atoms with Crippen LogP contribution in [0.25, 0.3) is 0 Å². The van der Waals surface area contributed by atoms with Crippen molar-refractivity contribution in [1.29, 1.82) is 0 Å². The fraction of sp³-hybridized carbons (Fsp3) is 0.429. The van der Waals surface area contributed by atoms with Crippen molar-refractivity contribution >= 4 is 40.8 Å². The molecule has 0 N–H and O–H groups in total. The van der Waals surface area contributed by atoms with Crippen LogP contribution < -0.4 is 4.90 Å². The first-order valence-corrected chi connectivity index (χ1v) is 7.42. The number of urea groups is 1. The Morgan fingerprint density at radius 1 is 1.05 bits per heavy atom. The Morgan fingerprint density at radius 2 is 1.75 bits per heavy atom. The molecule has 0 bridgehead atoms. The summed E-state index contributed by atoms with van der Waals surface area (Å²) in [6, 6.07) is 4.73. The van der Waals surface area contributed by atoms with E-state index in [0.29, 0.717) is 15.7 Å². The van der Waals surface area contributed by atoms with Crippen LogP contribution in [-0.4, -0.2) is 29.4 Å². The normalized spacial score (nSPS) is 20.3. The van der Waals surface area contributed by atoms with E-state index < -0.39 is 0 Å². The molecule has 1 saturated heterocycles. The van der Waals surface area contributed by atoms with Crippen LogP contribution in [0, 0.1) is 0 Å². The minimum Gasteiger partial charge on any atom is -0.312 e. The maximum absolute atomic E-state index is 12.5. The predicted octanol–water partition coefficient (Wildman–Crippen LogP) is 3.70. The van der Waals surface area contributed by atoms with Crippen molar-refractivity contribution in [1.82, 2.24) is 4.90 Å². The van der Waals surface area contributed by atoms with Crippen LogP contribution in [0.15, 0.2) is 18.2 Å². The van der Waals surface area contributed by atoms with Crippen LogP contribution in [0.5, 0.6) is 0 Å². The van der Waals surface area contributed by atoms with Crippen LogP contribution in [0.2, 0.25) is 10.0 Å². The van der Waals surface area contributed by atoms with Gasteiger partial charge < -0.3 is 4.90 Å². The maximum atomic E-state index is 12.5. The molecule has 106 valence electrons. The minimum absolute atomic E-state index is 0.156. The van der Waals surface area contributed by atoms with Gasteiger partial charge in [-0.05, 0) is 31.0 Å². The number of halogens is 2. The zero-order chi connectivity index (χ0) is 14.3. The highest BCUT2D eigenvalue weighted by Crippen LogP contribution is 2.32. The van der Waals surface area contributed by atoms with E-state index in [2.05, 4.69) is 0 Å². The van der Waals surface area contributed by atoms with Crippen molar-refractivity contribution in [2.45, 2.75) is 31.7 Å². The van der Waals surface area contributed by atoms with Crippen molar-refractivity contribution in [2.24, 2.45) is 0 Å². The summed E-state index contributed by atoms with van der Waals surface area (Å²) in [5.74, 6) is -0.208. The summed E-state index contributed by atoms with van der Waals surface area (Å²) < 4.78 is 0. The molecule has 0 radical (unpaired) electrons. The first-order chi connectivity index (χ1) is 9.58. The summed E-state index contributed by atoms with van der Waals surface area (Å²) in [7, 11) is 0. The average molecular weight is 313 g/mol. The Morgan fingerprint density at radius 3 is 2.40 bits per heavy atom. The molecular weight excluding hydrogens is 299 g/mol. The molecule has 6 heteroatoms. The van der Waals surface area contributed by atoms with Crippen molar-refractivity contribution in [3.8, 4) is 0 Å². The van der Waals surface area contributed by atoms with E-state index in [0.717, 1.165) is 25.7 Å². The van der Waals surface area contributed by atoms with Crippen molar-refractivity contribution < 1.29 is 9.59 Å². The smallest absolute Gasteiger partial charge is 0.312 e. The molecule has 20 heavy (non-hydrogen) atoms. The SMILES string of the molecule is O=C1CN(C2CCCC2)C(=O)N1c1ccc(Cl)c(Cl)c1. The molecule has 1 aromatic rings. The van der Waals surface area contributed by atoms with Gasteiger partial charge in [-0.3, -0.25) is 4.79 Å². The highest BCUT2D eigenvalue weighted by molar-refractivity contribution is 6.42. The fourth-order valence-electron chi connectivity index (χ4n) is 2.90. The van der Waals surface area contributed by atoms with E-state index in [1.165, 1.54) is 4.90 Å². The molecule has 2 fully saturated rings. The Labute approximate surface area is 127 Å². The number of hydrogen-bond donors (Lipinski definition) is 0. The molecule has 0 atom stereocenters. The molecule has 0 aromatic heterocycles. The standard InChI is InChI=1S/C14H14Cl2N2O2/c15-11-6-5-10(7-12(11)16)18-13(19)8-17(14(18)20)9-3-1-2-4-9/h5-7,9H,1-4,8H2. The van der Waals surface area contributed by atoms with Gasteiger partial charge in [-0.2, -0.15) is 0 Å². The zero-order valence-corrected chi connectivity index (χ0v) is 12.3. The molecule has 1 heterocycles. The van der Waals surface area contributed by atoms with Crippen LogP contribution in [0.4, 0.5) is 10.5 Å². The Hall–Kier alpha value is -1.26. The number of imide groups is 1. The molecular formula is C14H14Cl2N2O2. The number of rotatable bonds is 2. The lowest BCUT2D eigenvalue weighted by Gasteiger charge is -2.23. The molecule has 1 saturated carbocycles. The second-order valence-corrected chi connectivity index (χ2v) is 5.99. The van der Waals surface area contributed by atoms with Crippen LogP contribution >= 0.6 is 23.2 Å². The van der Waals surface area contributed by atoms with E-state index in [-0.39, 0.29) is 24.5 Å².